The van der Waals surface area contributed by atoms with E-state index in [1.807, 2.05) is 0 Å². The van der Waals surface area contributed by atoms with E-state index in [1.54, 1.807) is 6.07 Å². The Morgan fingerprint density at radius 2 is 1.85 bits per heavy atom. The quantitative estimate of drug-likeness (QED) is 0.697. The zero-order chi connectivity index (χ0) is 19.2. The molecule has 1 N–H and O–H groups in total. The highest BCUT2D eigenvalue weighted by atomic mass is 35.5. The number of nitrogens with one attached hydrogen (secondary N) is 1. The van der Waals surface area contributed by atoms with Crippen molar-refractivity contribution in [1.29, 1.82) is 0 Å². The van der Waals surface area contributed by atoms with Crippen LogP contribution in [0, 0.1) is 5.82 Å². The molecule has 0 aliphatic carbocycles. The van der Waals surface area contributed by atoms with Gasteiger partial charge in [-0.05, 0) is 30.3 Å². The van der Waals surface area contributed by atoms with Gasteiger partial charge in [-0.3, -0.25) is 4.79 Å². The summed E-state index contributed by atoms with van der Waals surface area (Å²) in [7, 11) is -4.03. The molecule has 1 amide bonds. The van der Waals surface area contributed by atoms with E-state index in [1.165, 1.54) is 48.5 Å². The average molecular weight is 397 g/mol. The van der Waals surface area contributed by atoms with Crippen molar-refractivity contribution in [3.8, 4) is 0 Å². The van der Waals surface area contributed by atoms with Crippen LogP contribution in [0.1, 0.15) is 5.56 Å². The lowest BCUT2D eigenvalue weighted by molar-refractivity contribution is -0.121. The number of nitrogens with zero attached hydrogens (tertiary/aromatic N) is 1. The smallest absolute Gasteiger partial charge is 0.243 e. The Labute approximate surface area is 157 Å². The summed E-state index contributed by atoms with van der Waals surface area (Å²) in [5.41, 5.74) is 0.168. The Balaban J connectivity index is 2.35. The van der Waals surface area contributed by atoms with Gasteiger partial charge in [0.25, 0.3) is 0 Å². The highest BCUT2D eigenvalue weighted by Crippen LogP contribution is 2.21. The van der Waals surface area contributed by atoms with E-state index in [0.717, 1.165) is 4.31 Å². The van der Waals surface area contributed by atoms with E-state index < -0.39 is 28.3 Å². The van der Waals surface area contributed by atoms with Crippen LogP contribution < -0.4 is 5.32 Å². The van der Waals surface area contributed by atoms with Gasteiger partial charge >= 0.3 is 0 Å². The highest BCUT2D eigenvalue weighted by Gasteiger charge is 2.27. The van der Waals surface area contributed by atoms with Crippen molar-refractivity contribution in [1.82, 2.24) is 9.62 Å². The van der Waals surface area contributed by atoms with Crippen LogP contribution in [-0.4, -0.2) is 31.7 Å². The van der Waals surface area contributed by atoms with Crippen molar-refractivity contribution in [3.63, 3.8) is 0 Å². The molecule has 5 nitrogen and oxygen atoms in total. The molecule has 0 spiro atoms. The van der Waals surface area contributed by atoms with Crippen LogP contribution in [0.3, 0.4) is 0 Å². The molecule has 2 aromatic rings. The zero-order valence-electron chi connectivity index (χ0n) is 13.9. The van der Waals surface area contributed by atoms with Crippen LogP contribution in [0.4, 0.5) is 4.39 Å². The Hall–Kier alpha value is -2.22. The number of halogens is 2. The van der Waals surface area contributed by atoms with Gasteiger partial charge in [0.1, 0.15) is 5.82 Å². The third-order valence-electron chi connectivity index (χ3n) is 3.52. The summed E-state index contributed by atoms with van der Waals surface area (Å²) >= 11 is 5.80. The summed E-state index contributed by atoms with van der Waals surface area (Å²) in [6.07, 6.45) is 1.48. The Morgan fingerprint density at radius 3 is 2.46 bits per heavy atom. The lowest BCUT2D eigenvalue weighted by Gasteiger charge is -2.22. The largest absolute Gasteiger partial charge is 0.351 e. The molecule has 0 saturated carbocycles. The van der Waals surface area contributed by atoms with Crippen LogP contribution in [-0.2, 0) is 21.4 Å². The maximum absolute atomic E-state index is 14.0. The molecule has 0 fully saturated rings. The van der Waals surface area contributed by atoms with Crippen molar-refractivity contribution in [2.75, 3.05) is 13.1 Å². The van der Waals surface area contributed by atoms with Crippen LogP contribution in [0.15, 0.2) is 66.1 Å². The molecule has 0 unspecified atom stereocenters. The molecule has 138 valence electrons. The van der Waals surface area contributed by atoms with Crippen LogP contribution >= 0.6 is 11.6 Å². The molecule has 2 rings (SSSR count). The molecule has 0 saturated heterocycles. The van der Waals surface area contributed by atoms with Crippen molar-refractivity contribution in [3.05, 3.63) is 77.6 Å². The number of carbonyl (C=O) groups excluding carboxylic acids is 1. The zero-order valence-corrected chi connectivity index (χ0v) is 15.4. The summed E-state index contributed by atoms with van der Waals surface area (Å²) in [5, 5.41) is 2.90. The first-order valence-corrected chi connectivity index (χ1v) is 9.53. The summed E-state index contributed by atoms with van der Waals surface area (Å²) in [6.45, 7) is 2.96. The summed E-state index contributed by atoms with van der Waals surface area (Å²) in [6, 6.07) is 11.4. The number of rotatable bonds is 8. The van der Waals surface area contributed by atoms with Crippen LogP contribution in [0.5, 0.6) is 0 Å². The number of amides is 1. The fourth-order valence-electron chi connectivity index (χ4n) is 2.20. The topological polar surface area (TPSA) is 66.5 Å². The van der Waals surface area contributed by atoms with Gasteiger partial charge in [0.15, 0.2) is 0 Å². The van der Waals surface area contributed by atoms with E-state index in [9.17, 15) is 17.6 Å². The lowest BCUT2D eigenvalue weighted by Crippen LogP contribution is -2.40. The molecule has 0 aliphatic heterocycles. The fraction of sp³-hybridized carbons (Fsp3) is 0.167. The van der Waals surface area contributed by atoms with Gasteiger partial charge < -0.3 is 5.32 Å². The van der Waals surface area contributed by atoms with Gasteiger partial charge in [-0.1, -0.05) is 35.9 Å². The summed E-state index contributed by atoms with van der Waals surface area (Å²) in [4.78, 5) is 12.0. The molecular weight excluding hydrogens is 379 g/mol. The third-order valence-corrected chi connectivity index (χ3v) is 5.58. The highest BCUT2D eigenvalue weighted by molar-refractivity contribution is 7.89. The third kappa shape index (κ3) is 5.14. The van der Waals surface area contributed by atoms with E-state index in [-0.39, 0.29) is 23.5 Å². The minimum atomic E-state index is -4.03. The van der Waals surface area contributed by atoms with Gasteiger partial charge in [0.2, 0.25) is 15.9 Å². The predicted octanol–water partition coefficient (Wildman–Crippen LogP) is 2.97. The van der Waals surface area contributed by atoms with Crippen molar-refractivity contribution >= 4 is 27.5 Å². The average Bonchev–Trinajstić information content (AvgIpc) is 2.61. The molecule has 0 radical (unpaired) electrons. The van der Waals surface area contributed by atoms with Gasteiger partial charge in [-0.25, -0.2) is 12.8 Å². The Bertz CT molecular complexity index is 886. The molecule has 2 aromatic carbocycles. The van der Waals surface area contributed by atoms with E-state index in [2.05, 4.69) is 11.9 Å². The SMILES string of the molecule is C=CCNC(=O)CN(Cc1ccccc1F)S(=O)(=O)c1ccc(Cl)cc1. The molecule has 26 heavy (non-hydrogen) atoms. The number of hydrogen-bond acceptors (Lipinski definition) is 3. The maximum atomic E-state index is 14.0. The molecule has 0 aromatic heterocycles. The van der Waals surface area contributed by atoms with Gasteiger partial charge in [-0.15, -0.1) is 6.58 Å². The van der Waals surface area contributed by atoms with E-state index in [0.29, 0.717) is 5.02 Å². The minimum absolute atomic E-state index is 0.0326. The van der Waals surface area contributed by atoms with Crippen LogP contribution in [0.2, 0.25) is 5.02 Å². The number of carbonyl (C=O) groups is 1. The first-order chi connectivity index (χ1) is 12.3. The van der Waals surface area contributed by atoms with Crippen molar-refractivity contribution in [2.24, 2.45) is 0 Å². The van der Waals surface area contributed by atoms with Crippen molar-refractivity contribution in [2.45, 2.75) is 11.4 Å². The first-order valence-electron chi connectivity index (χ1n) is 7.71. The standard InChI is InChI=1S/C18H18ClFN2O3S/c1-2-11-21-18(23)13-22(12-14-5-3-4-6-17(14)20)26(24,25)16-9-7-15(19)8-10-16/h2-10H,1,11-13H2,(H,21,23). The molecular formula is C18H18ClFN2O3S. The van der Waals surface area contributed by atoms with Gasteiger partial charge in [0.05, 0.1) is 11.4 Å². The molecule has 0 atom stereocenters. The van der Waals surface area contributed by atoms with Crippen molar-refractivity contribution < 1.29 is 17.6 Å². The Morgan fingerprint density at radius 1 is 1.19 bits per heavy atom. The second-order valence-corrected chi connectivity index (χ2v) is 7.79. The number of benzene rings is 2. The number of hydrogen-bond donors (Lipinski definition) is 1. The maximum Gasteiger partial charge on any atom is 0.243 e. The van der Waals surface area contributed by atoms with E-state index >= 15 is 0 Å². The van der Waals surface area contributed by atoms with Crippen LogP contribution in [0.25, 0.3) is 0 Å². The lowest BCUT2D eigenvalue weighted by atomic mass is 10.2. The summed E-state index contributed by atoms with van der Waals surface area (Å²) < 4.78 is 40.8. The second kappa shape index (κ2) is 8.93. The van der Waals surface area contributed by atoms with Gasteiger partial charge in [0, 0.05) is 23.7 Å². The number of sulfonamides is 1. The molecule has 0 bridgehead atoms. The molecule has 0 aliphatic rings. The fourth-order valence-corrected chi connectivity index (χ4v) is 3.70. The molecule has 8 heteroatoms. The first kappa shape index (κ1) is 20.1. The molecule has 0 heterocycles. The second-order valence-electron chi connectivity index (χ2n) is 5.41. The monoisotopic (exact) mass is 396 g/mol. The minimum Gasteiger partial charge on any atom is -0.351 e. The Kier molecular flexibility index (Phi) is 6.90. The summed E-state index contributed by atoms with van der Waals surface area (Å²) in [5.74, 6) is -1.06. The van der Waals surface area contributed by atoms with Gasteiger partial charge in [-0.2, -0.15) is 4.31 Å². The normalized spacial score (nSPS) is 11.3. The predicted molar refractivity (Wildman–Crippen MR) is 98.7 cm³/mol. The van der Waals surface area contributed by atoms with E-state index in [4.69, 9.17) is 11.6 Å².